The Morgan fingerprint density at radius 1 is 1.20 bits per heavy atom. The zero-order valence-corrected chi connectivity index (χ0v) is 18.1. The highest BCUT2D eigenvalue weighted by molar-refractivity contribution is 5.85. The van der Waals surface area contributed by atoms with Crippen LogP contribution in [0.15, 0.2) is 30.3 Å². The first kappa shape index (κ1) is 22.2. The van der Waals surface area contributed by atoms with Gasteiger partial charge in [0.1, 0.15) is 6.29 Å². The maximum atomic E-state index is 14.7. The number of nitrogens with zero attached hydrogens (tertiary/aromatic N) is 2. The van der Waals surface area contributed by atoms with E-state index in [0.717, 1.165) is 74.5 Å². The molecule has 162 valence electrons. The van der Waals surface area contributed by atoms with Crippen molar-refractivity contribution < 1.29 is 18.7 Å². The highest BCUT2D eigenvalue weighted by atomic mass is 19.1. The predicted molar refractivity (Wildman–Crippen MR) is 118 cm³/mol. The first-order valence-electron chi connectivity index (χ1n) is 10.6. The van der Waals surface area contributed by atoms with E-state index in [0.29, 0.717) is 12.2 Å². The lowest BCUT2D eigenvalue weighted by Crippen LogP contribution is -2.37. The third-order valence-electron chi connectivity index (χ3n) is 5.68. The van der Waals surface area contributed by atoms with Crippen molar-refractivity contribution in [1.29, 1.82) is 0 Å². The van der Waals surface area contributed by atoms with Crippen molar-refractivity contribution in [3.8, 4) is 16.9 Å². The molecule has 6 heteroatoms. The molecule has 0 N–H and O–H groups in total. The number of rotatable bonds is 9. The average molecular weight is 415 g/mol. The van der Waals surface area contributed by atoms with Gasteiger partial charge >= 0.3 is 0 Å². The zero-order chi connectivity index (χ0) is 21.5. The fourth-order valence-corrected chi connectivity index (χ4v) is 3.67. The molecule has 0 radical (unpaired) electrons. The summed E-state index contributed by atoms with van der Waals surface area (Å²) in [6.45, 7) is 9.63. The Morgan fingerprint density at radius 2 is 1.97 bits per heavy atom. The Morgan fingerprint density at radius 3 is 2.63 bits per heavy atom. The van der Waals surface area contributed by atoms with Crippen molar-refractivity contribution in [3.05, 3.63) is 47.3 Å². The molecule has 0 saturated carbocycles. The first-order chi connectivity index (χ1) is 14.5. The maximum Gasteiger partial charge on any atom is 0.165 e. The van der Waals surface area contributed by atoms with Crippen molar-refractivity contribution in [2.45, 2.75) is 20.3 Å². The Balaban J connectivity index is 1.69. The van der Waals surface area contributed by atoms with Crippen LogP contribution in [0.1, 0.15) is 29.3 Å². The second-order valence-electron chi connectivity index (χ2n) is 7.64. The molecule has 0 bridgehead atoms. The van der Waals surface area contributed by atoms with Gasteiger partial charge in [-0.3, -0.25) is 9.69 Å². The molecule has 1 fully saturated rings. The number of benzene rings is 2. The molecule has 0 atom stereocenters. The van der Waals surface area contributed by atoms with E-state index in [4.69, 9.17) is 9.47 Å². The van der Waals surface area contributed by atoms with Crippen LogP contribution in [0.5, 0.6) is 5.75 Å². The van der Waals surface area contributed by atoms with Crippen LogP contribution >= 0.6 is 0 Å². The highest BCUT2D eigenvalue weighted by Gasteiger charge is 2.13. The Kier molecular flexibility index (Phi) is 7.82. The first-order valence-corrected chi connectivity index (χ1v) is 10.6. The summed E-state index contributed by atoms with van der Waals surface area (Å²) in [5, 5.41) is 0. The van der Waals surface area contributed by atoms with Gasteiger partial charge in [-0.1, -0.05) is 6.07 Å². The smallest absolute Gasteiger partial charge is 0.165 e. The predicted octanol–water partition coefficient (Wildman–Crippen LogP) is 4.17. The summed E-state index contributed by atoms with van der Waals surface area (Å²) in [5.41, 5.74) is 4.06. The molecule has 1 aliphatic rings. The zero-order valence-electron chi connectivity index (χ0n) is 18.1. The van der Waals surface area contributed by atoms with E-state index in [1.54, 1.807) is 6.07 Å². The standard InChI is InChI=1S/C24H31FN2O3/c1-4-26(3)23-16-20(14-21(17-28)18(23)2)19-6-7-24(22(25)15-19)30-11-5-8-27-9-12-29-13-10-27/h6-7,14-17H,4-5,8-13H2,1-3H3. The number of hydrogen-bond acceptors (Lipinski definition) is 5. The topological polar surface area (TPSA) is 42.0 Å². The number of hydrogen-bond donors (Lipinski definition) is 0. The van der Waals surface area contributed by atoms with Gasteiger partial charge < -0.3 is 14.4 Å². The molecule has 0 unspecified atom stereocenters. The lowest BCUT2D eigenvalue weighted by molar-refractivity contribution is 0.0357. The van der Waals surface area contributed by atoms with Gasteiger partial charge in [0.25, 0.3) is 0 Å². The summed E-state index contributed by atoms with van der Waals surface area (Å²) in [6, 6.07) is 8.81. The minimum absolute atomic E-state index is 0.259. The van der Waals surface area contributed by atoms with Crippen molar-refractivity contribution in [1.82, 2.24) is 4.90 Å². The molecule has 5 nitrogen and oxygen atoms in total. The summed E-state index contributed by atoms with van der Waals surface area (Å²) in [5.74, 6) is -0.133. The number of carbonyl (C=O) groups excluding carboxylic acids is 1. The number of aldehydes is 1. The second-order valence-corrected chi connectivity index (χ2v) is 7.64. The lowest BCUT2D eigenvalue weighted by Gasteiger charge is -2.26. The van der Waals surface area contributed by atoms with E-state index in [1.807, 2.05) is 32.2 Å². The minimum atomic E-state index is -0.391. The van der Waals surface area contributed by atoms with Crippen molar-refractivity contribution in [2.75, 3.05) is 57.9 Å². The minimum Gasteiger partial charge on any atom is -0.490 e. The summed E-state index contributed by atoms with van der Waals surface area (Å²) in [7, 11) is 1.98. The molecule has 3 rings (SSSR count). The number of morpholine rings is 1. The van der Waals surface area contributed by atoms with Gasteiger partial charge in [0.2, 0.25) is 0 Å². The van der Waals surface area contributed by atoms with E-state index < -0.39 is 5.82 Å². The SMILES string of the molecule is CCN(C)c1cc(-c2ccc(OCCCN3CCOCC3)c(F)c2)cc(C=O)c1C. The largest absolute Gasteiger partial charge is 0.490 e. The average Bonchev–Trinajstić information content (AvgIpc) is 2.78. The molecule has 1 saturated heterocycles. The summed E-state index contributed by atoms with van der Waals surface area (Å²) in [4.78, 5) is 15.9. The summed E-state index contributed by atoms with van der Waals surface area (Å²) < 4.78 is 25.7. The van der Waals surface area contributed by atoms with E-state index >= 15 is 0 Å². The molecule has 0 aromatic heterocycles. The van der Waals surface area contributed by atoms with Gasteiger partial charge in [0.15, 0.2) is 11.6 Å². The summed E-state index contributed by atoms with van der Waals surface area (Å²) >= 11 is 0. The normalized spacial score (nSPS) is 14.5. The van der Waals surface area contributed by atoms with Crippen molar-refractivity contribution in [2.24, 2.45) is 0 Å². The molecular formula is C24H31FN2O3. The molecule has 30 heavy (non-hydrogen) atoms. The quantitative estimate of drug-likeness (QED) is 0.455. The van der Waals surface area contributed by atoms with Crippen LogP contribution < -0.4 is 9.64 Å². The van der Waals surface area contributed by atoms with Gasteiger partial charge in [-0.05, 0) is 61.2 Å². The monoisotopic (exact) mass is 414 g/mol. The van der Waals surface area contributed by atoms with Crippen LogP contribution in [0.2, 0.25) is 0 Å². The van der Waals surface area contributed by atoms with Gasteiger partial charge in [-0.2, -0.15) is 0 Å². The van der Waals surface area contributed by atoms with Crippen LogP contribution in [0.3, 0.4) is 0 Å². The van der Waals surface area contributed by atoms with E-state index in [2.05, 4.69) is 16.7 Å². The van der Waals surface area contributed by atoms with Gasteiger partial charge in [0, 0.05) is 44.5 Å². The molecule has 1 aliphatic heterocycles. The number of anilines is 1. The van der Waals surface area contributed by atoms with E-state index in [1.165, 1.54) is 6.07 Å². The van der Waals surface area contributed by atoms with Gasteiger partial charge in [-0.15, -0.1) is 0 Å². The van der Waals surface area contributed by atoms with Crippen LogP contribution in [0.25, 0.3) is 11.1 Å². The maximum absolute atomic E-state index is 14.7. The molecule has 0 spiro atoms. The van der Waals surface area contributed by atoms with Crippen molar-refractivity contribution in [3.63, 3.8) is 0 Å². The molecule has 1 heterocycles. The Hall–Kier alpha value is -2.44. The molecular weight excluding hydrogens is 383 g/mol. The summed E-state index contributed by atoms with van der Waals surface area (Å²) in [6.07, 6.45) is 1.70. The van der Waals surface area contributed by atoms with Crippen LogP contribution in [-0.2, 0) is 4.74 Å². The van der Waals surface area contributed by atoms with Crippen molar-refractivity contribution >= 4 is 12.0 Å². The highest BCUT2D eigenvalue weighted by Crippen LogP contribution is 2.32. The van der Waals surface area contributed by atoms with E-state index in [-0.39, 0.29) is 5.75 Å². The van der Waals surface area contributed by atoms with Gasteiger partial charge in [0.05, 0.1) is 19.8 Å². The Bertz CT molecular complexity index is 866. The van der Waals surface area contributed by atoms with Crippen LogP contribution in [-0.4, -0.2) is 64.2 Å². The lowest BCUT2D eigenvalue weighted by atomic mass is 9.97. The van der Waals surface area contributed by atoms with Crippen LogP contribution in [0, 0.1) is 12.7 Å². The number of ether oxygens (including phenoxy) is 2. The molecule has 2 aromatic carbocycles. The Labute approximate surface area is 178 Å². The number of halogens is 1. The van der Waals surface area contributed by atoms with Gasteiger partial charge in [-0.25, -0.2) is 4.39 Å². The van der Waals surface area contributed by atoms with E-state index in [9.17, 15) is 9.18 Å². The number of carbonyl (C=O) groups is 1. The fraction of sp³-hybridized carbons (Fsp3) is 0.458. The van der Waals surface area contributed by atoms with Crippen LogP contribution in [0.4, 0.5) is 10.1 Å². The third-order valence-corrected chi connectivity index (χ3v) is 5.68. The molecule has 0 aliphatic carbocycles. The third kappa shape index (κ3) is 5.37. The molecule has 2 aromatic rings. The molecule has 0 amide bonds. The second kappa shape index (κ2) is 10.5. The fourth-order valence-electron chi connectivity index (χ4n) is 3.67.